The van der Waals surface area contributed by atoms with Crippen molar-refractivity contribution in [2.24, 2.45) is 5.92 Å². The Kier molecular flexibility index (Phi) is 4.13. The first-order valence-corrected chi connectivity index (χ1v) is 6.30. The summed E-state index contributed by atoms with van der Waals surface area (Å²) in [4.78, 5) is 0. The van der Waals surface area contributed by atoms with Crippen LogP contribution in [0.5, 0.6) is 0 Å². The Morgan fingerprint density at radius 2 is 2.24 bits per heavy atom. The van der Waals surface area contributed by atoms with E-state index in [9.17, 15) is 4.39 Å². The zero-order valence-electron chi connectivity index (χ0n) is 10.2. The molecule has 2 rings (SSSR count). The van der Waals surface area contributed by atoms with E-state index in [1.54, 1.807) is 6.92 Å². The average molecular weight is 237 g/mol. The first kappa shape index (κ1) is 12.5. The lowest BCUT2D eigenvalue weighted by Crippen LogP contribution is -2.31. The molecule has 1 aromatic rings. The van der Waals surface area contributed by atoms with Gasteiger partial charge in [-0.2, -0.15) is 0 Å². The topological polar surface area (TPSA) is 32.3 Å². The minimum Gasteiger partial charge on any atom is -0.396 e. The molecule has 1 atom stereocenters. The van der Waals surface area contributed by atoms with Gasteiger partial charge in [-0.3, -0.25) is 0 Å². The van der Waals surface area contributed by atoms with Crippen molar-refractivity contribution >= 4 is 0 Å². The normalized spacial score (nSPS) is 17.1. The maximum Gasteiger partial charge on any atom is 0.126 e. The lowest BCUT2D eigenvalue weighted by Gasteiger charge is -2.17. The highest BCUT2D eigenvalue weighted by atomic mass is 19.1. The molecule has 1 unspecified atom stereocenters. The van der Waals surface area contributed by atoms with Crippen molar-refractivity contribution in [3.05, 3.63) is 35.1 Å². The van der Waals surface area contributed by atoms with E-state index in [2.05, 4.69) is 5.32 Å². The standard InChI is InChI=1S/C14H20FNO/c1-10-8-11(2-5-13(10)15)9-16-14(6-7-17)12-3-4-12/h2,5,8,12,14,16-17H,3-4,6-7,9H2,1H3. The van der Waals surface area contributed by atoms with E-state index >= 15 is 0 Å². The van der Waals surface area contributed by atoms with Gasteiger partial charge in [-0.1, -0.05) is 12.1 Å². The summed E-state index contributed by atoms with van der Waals surface area (Å²) in [6, 6.07) is 5.62. The highest BCUT2D eigenvalue weighted by Gasteiger charge is 2.30. The highest BCUT2D eigenvalue weighted by molar-refractivity contribution is 5.23. The summed E-state index contributed by atoms with van der Waals surface area (Å²) < 4.78 is 13.1. The zero-order chi connectivity index (χ0) is 12.3. The van der Waals surface area contributed by atoms with Crippen LogP contribution in [0.2, 0.25) is 0 Å². The fraction of sp³-hybridized carbons (Fsp3) is 0.571. The van der Waals surface area contributed by atoms with Crippen LogP contribution in [0.4, 0.5) is 4.39 Å². The Morgan fingerprint density at radius 3 is 2.82 bits per heavy atom. The molecule has 17 heavy (non-hydrogen) atoms. The Balaban J connectivity index is 1.89. The predicted octanol–water partition coefficient (Wildman–Crippen LogP) is 2.38. The summed E-state index contributed by atoms with van der Waals surface area (Å²) in [5, 5.41) is 12.5. The Hall–Kier alpha value is -0.930. The molecule has 0 aliphatic heterocycles. The number of benzene rings is 1. The second-order valence-corrected chi connectivity index (χ2v) is 4.92. The molecule has 94 valence electrons. The van der Waals surface area contributed by atoms with Gasteiger partial charge in [0.15, 0.2) is 0 Å². The Morgan fingerprint density at radius 1 is 1.47 bits per heavy atom. The van der Waals surface area contributed by atoms with Crippen LogP contribution < -0.4 is 5.32 Å². The molecule has 0 saturated heterocycles. The average Bonchev–Trinajstić information content (AvgIpc) is 3.13. The van der Waals surface area contributed by atoms with E-state index in [0.717, 1.165) is 24.4 Å². The minimum atomic E-state index is -0.150. The molecule has 0 radical (unpaired) electrons. The molecular weight excluding hydrogens is 217 g/mol. The summed E-state index contributed by atoms with van der Waals surface area (Å²) in [5.74, 6) is 0.576. The maximum absolute atomic E-state index is 13.1. The second kappa shape index (κ2) is 5.61. The van der Waals surface area contributed by atoms with Gasteiger partial charge in [0.1, 0.15) is 5.82 Å². The molecule has 1 aliphatic carbocycles. The predicted molar refractivity (Wildman–Crippen MR) is 66.2 cm³/mol. The van der Waals surface area contributed by atoms with Crippen molar-refractivity contribution in [1.29, 1.82) is 0 Å². The smallest absolute Gasteiger partial charge is 0.126 e. The number of aliphatic hydroxyl groups is 1. The first-order valence-electron chi connectivity index (χ1n) is 6.30. The molecule has 0 spiro atoms. The van der Waals surface area contributed by atoms with Gasteiger partial charge >= 0.3 is 0 Å². The van der Waals surface area contributed by atoms with Gasteiger partial charge < -0.3 is 10.4 Å². The van der Waals surface area contributed by atoms with Gasteiger partial charge in [0.05, 0.1) is 0 Å². The van der Waals surface area contributed by atoms with Crippen molar-refractivity contribution in [3.63, 3.8) is 0 Å². The van der Waals surface area contributed by atoms with Gasteiger partial charge in [0.2, 0.25) is 0 Å². The molecule has 1 fully saturated rings. The zero-order valence-corrected chi connectivity index (χ0v) is 10.2. The first-order chi connectivity index (χ1) is 8.20. The Labute approximate surface area is 102 Å². The molecule has 0 amide bonds. The fourth-order valence-electron chi connectivity index (χ4n) is 2.21. The summed E-state index contributed by atoms with van der Waals surface area (Å²) in [6.45, 7) is 2.77. The number of hydrogen-bond donors (Lipinski definition) is 2. The molecule has 1 aromatic carbocycles. The van der Waals surface area contributed by atoms with Gasteiger partial charge in [0.25, 0.3) is 0 Å². The van der Waals surface area contributed by atoms with Gasteiger partial charge in [-0.25, -0.2) is 4.39 Å². The molecule has 1 saturated carbocycles. The maximum atomic E-state index is 13.1. The molecule has 2 N–H and O–H groups in total. The summed E-state index contributed by atoms with van der Waals surface area (Å²) in [7, 11) is 0. The third kappa shape index (κ3) is 3.51. The number of halogens is 1. The number of rotatable bonds is 6. The number of aryl methyl sites for hydroxylation is 1. The molecule has 0 aromatic heterocycles. The molecule has 2 nitrogen and oxygen atoms in total. The molecule has 3 heteroatoms. The SMILES string of the molecule is Cc1cc(CNC(CCO)C2CC2)ccc1F. The van der Waals surface area contributed by atoms with Crippen molar-refractivity contribution in [2.75, 3.05) is 6.61 Å². The van der Waals surface area contributed by atoms with Gasteiger partial charge in [-0.15, -0.1) is 0 Å². The van der Waals surface area contributed by atoms with Crippen LogP contribution in [0.1, 0.15) is 30.4 Å². The van der Waals surface area contributed by atoms with Crippen LogP contribution in [0.15, 0.2) is 18.2 Å². The van der Waals surface area contributed by atoms with Crippen molar-refractivity contribution in [2.45, 2.75) is 38.8 Å². The van der Waals surface area contributed by atoms with Crippen LogP contribution in [-0.2, 0) is 6.54 Å². The molecule has 0 heterocycles. The minimum absolute atomic E-state index is 0.150. The van der Waals surface area contributed by atoms with E-state index in [-0.39, 0.29) is 12.4 Å². The van der Waals surface area contributed by atoms with Crippen molar-refractivity contribution in [3.8, 4) is 0 Å². The molecule has 0 bridgehead atoms. The van der Waals surface area contributed by atoms with E-state index in [4.69, 9.17) is 5.11 Å². The van der Waals surface area contributed by atoms with E-state index in [1.807, 2.05) is 12.1 Å². The third-order valence-corrected chi connectivity index (χ3v) is 3.42. The van der Waals surface area contributed by atoms with E-state index < -0.39 is 0 Å². The Bertz CT molecular complexity index is 376. The van der Waals surface area contributed by atoms with Gasteiger partial charge in [-0.05, 0) is 49.3 Å². The number of nitrogens with one attached hydrogen (secondary N) is 1. The quantitative estimate of drug-likeness (QED) is 0.796. The number of aliphatic hydroxyl groups excluding tert-OH is 1. The lowest BCUT2D eigenvalue weighted by atomic mass is 10.1. The second-order valence-electron chi connectivity index (χ2n) is 4.92. The third-order valence-electron chi connectivity index (χ3n) is 3.42. The molecule has 1 aliphatic rings. The van der Waals surface area contributed by atoms with Crippen LogP contribution in [-0.4, -0.2) is 17.8 Å². The summed E-state index contributed by atoms with van der Waals surface area (Å²) in [6.07, 6.45) is 3.34. The fourth-order valence-corrected chi connectivity index (χ4v) is 2.21. The summed E-state index contributed by atoms with van der Waals surface area (Å²) >= 11 is 0. The lowest BCUT2D eigenvalue weighted by molar-refractivity contribution is 0.255. The van der Waals surface area contributed by atoms with Crippen molar-refractivity contribution in [1.82, 2.24) is 5.32 Å². The van der Waals surface area contributed by atoms with Crippen LogP contribution >= 0.6 is 0 Å². The van der Waals surface area contributed by atoms with Crippen LogP contribution in [0, 0.1) is 18.7 Å². The van der Waals surface area contributed by atoms with Crippen LogP contribution in [0.25, 0.3) is 0 Å². The van der Waals surface area contributed by atoms with E-state index in [0.29, 0.717) is 11.6 Å². The van der Waals surface area contributed by atoms with E-state index in [1.165, 1.54) is 18.9 Å². The molecular formula is C14H20FNO. The summed E-state index contributed by atoms with van der Waals surface area (Å²) in [5.41, 5.74) is 1.79. The van der Waals surface area contributed by atoms with Crippen LogP contribution in [0.3, 0.4) is 0 Å². The number of hydrogen-bond acceptors (Lipinski definition) is 2. The van der Waals surface area contributed by atoms with Crippen molar-refractivity contribution < 1.29 is 9.50 Å². The van der Waals surface area contributed by atoms with Gasteiger partial charge in [0, 0.05) is 19.2 Å². The highest BCUT2D eigenvalue weighted by Crippen LogP contribution is 2.34. The largest absolute Gasteiger partial charge is 0.396 e. The monoisotopic (exact) mass is 237 g/mol.